The van der Waals surface area contributed by atoms with Gasteiger partial charge >= 0.3 is 6.09 Å². The van der Waals surface area contributed by atoms with Crippen molar-refractivity contribution in [2.45, 2.75) is 33.0 Å². The van der Waals surface area contributed by atoms with Gasteiger partial charge in [0.2, 0.25) is 0 Å². The summed E-state index contributed by atoms with van der Waals surface area (Å²) in [5, 5.41) is 10.1. The van der Waals surface area contributed by atoms with Crippen LogP contribution >= 0.6 is 22.9 Å². The summed E-state index contributed by atoms with van der Waals surface area (Å²) in [5.74, 6) is 0.387. The number of amides is 2. The third-order valence-corrected chi connectivity index (χ3v) is 8.47. The van der Waals surface area contributed by atoms with Gasteiger partial charge in [-0.1, -0.05) is 41.9 Å². The normalized spacial score (nSPS) is 11.2. The van der Waals surface area contributed by atoms with E-state index < -0.39 is 11.7 Å². The molecule has 9 nitrogen and oxygen atoms in total. The second-order valence-corrected chi connectivity index (χ2v) is 13.4. The molecule has 2 heterocycles. The lowest BCUT2D eigenvalue weighted by atomic mass is 10.1. The summed E-state index contributed by atoms with van der Waals surface area (Å²) < 4.78 is 24.7. The molecule has 0 fully saturated rings. The van der Waals surface area contributed by atoms with Gasteiger partial charge in [-0.2, -0.15) is 0 Å². The molecule has 2 aromatic heterocycles. The first-order valence-electron chi connectivity index (χ1n) is 15.2. The monoisotopic (exact) mass is 695 g/mol. The van der Waals surface area contributed by atoms with E-state index in [0.29, 0.717) is 44.1 Å². The first kappa shape index (κ1) is 33.4. The molecule has 0 atom stereocenters. The van der Waals surface area contributed by atoms with Crippen LogP contribution in [0.25, 0.3) is 21.3 Å². The fourth-order valence-corrected chi connectivity index (χ4v) is 5.98. The number of thiophene rings is 1. The number of para-hydroxylation sites is 2. The number of hydrogen-bond acceptors (Lipinski definition) is 8. The summed E-state index contributed by atoms with van der Waals surface area (Å²) in [6.07, 6.45) is 0.861. The third kappa shape index (κ3) is 8.50. The number of rotatable bonds is 9. The molecule has 0 aliphatic rings. The average molecular weight is 696 g/mol. The van der Waals surface area contributed by atoms with Crippen molar-refractivity contribution < 1.29 is 23.5 Å². The second kappa shape index (κ2) is 14.3. The minimum atomic E-state index is -0.663. The molecule has 49 heavy (non-hydrogen) atoms. The fraction of sp³-hybridized carbons (Fsp3) is 0.135. The highest BCUT2D eigenvalue weighted by Gasteiger charge is 2.19. The SMILES string of the molecule is CC(C)(C)OC(=O)Nc1ccccc1NC(=O)c1ccc(-c2ccc3ncnc(Nc4ccc(OCc5cccc(F)c5)c(Cl)c4)c3c2)s1. The van der Waals surface area contributed by atoms with E-state index in [1.165, 1.54) is 29.8 Å². The lowest BCUT2D eigenvalue weighted by Gasteiger charge is -2.20. The summed E-state index contributed by atoms with van der Waals surface area (Å²) in [6.45, 7) is 5.51. The van der Waals surface area contributed by atoms with Crippen LogP contribution in [-0.4, -0.2) is 27.6 Å². The van der Waals surface area contributed by atoms with Crippen LogP contribution < -0.4 is 20.7 Å². The van der Waals surface area contributed by atoms with E-state index in [2.05, 4.69) is 25.9 Å². The number of aromatic nitrogens is 2. The summed E-state index contributed by atoms with van der Waals surface area (Å²) >= 11 is 7.85. The molecule has 0 radical (unpaired) electrons. The molecule has 0 aliphatic heterocycles. The van der Waals surface area contributed by atoms with E-state index >= 15 is 0 Å². The largest absolute Gasteiger partial charge is 0.487 e. The molecule has 6 rings (SSSR count). The number of carbonyl (C=O) groups excluding carboxylic acids is 2. The first-order valence-corrected chi connectivity index (χ1v) is 16.4. The summed E-state index contributed by atoms with van der Waals surface area (Å²) in [6, 6.07) is 27.8. The molecule has 0 bridgehead atoms. The Bertz CT molecular complexity index is 2170. The van der Waals surface area contributed by atoms with Crippen molar-refractivity contribution in [1.82, 2.24) is 9.97 Å². The Morgan fingerprint density at radius 2 is 1.67 bits per heavy atom. The Morgan fingerprint density at radius 3 is 2.43 bits per heavy atom. The molecule has 0 aliphatic carbocycles. The highest BCUT2D eigenvalue weighted by Crippen LogP contribution is 2.35. The lowest BCUT2D eigenvalue weighted by Crippen LogP contribution is -2.27. The van der Waals surface area contributed by atoms with Crippen LogP contribution in [0, 0.1) is 5.82 Å². The zero-order valence-corrected chi connectivity index (χ0v) is 28.3. The highest BCUT2D eigenvalue weighted by molar-refractivity contribution is 7.17. The molecule has 0 unspecified atom stereocenters. The van der Waals surface area contributed by atoms with E-state index in [1.807, 2.05) is 30.3 Å². The van der Waals surface area contributed by atoms with E-state index in [1.54, 1.807) is 75.4 Å². The predicted molar refractivity (Wildman–Crippen MR) is 193 cm³/mol. The summed E-state index contributed by atoms with van der Waals surface area (Å²) in [7, 11) is 0. The predicted octanol–water partition coefficient (Wildman–Crippen LogP) is 10.1. The molecule has 0 saturated carbocycles. The van der Waals surface area contributed by atoms with Crippen LogP contribution in [0.4, 0.5) is 32.1 Å². The topological polar surface area (TPSA) is 114 Å². The highest BCUT2D eigenvalue weighted by atomic mass is 35.5. The smallest absolute Gasteiger partial charge is 0.412 e. The number of ether oxygens (including phenoxy) is 2. The van der Waals surface area contributed by atoms with Gasteiger partial charge in [0.15, 0.2) is 0 Å². The van der Waals surface area contributed by atoms with E-state index in [9.17, 15) is 14.0 Å². The number of carbonyl (C=O) groups is 2. The molecule has 0 saturated heterocycles. The van der Waals surface area contributed by atoms with Gasteiger partial charge in [-0.25, -0.2) is 19.2 Å². The van der Waals surface area contributed by atoms with Crippen LogP contribution in [0.1, 0.15) is 36.0 Å². The van der Waals surface area contributed by atoms with Crippen LogP contribution in [0.15, 0.2) is 103 Å². The van der Waals surface area contributed by atoms with Gasteiger partial charge in [-0.15, -0.1) is 11.3 Å². The number of nitrogens with zero attached hydrogens (tertiary/aromatic N) is 2. The van der Waals surface area contributed by atoms with Gasteiger partial charge in [-0.05, 0) is 98.6 Å². The van der Waals surface area contributed by atoms with Crippen molar-refractivity contribution in [3.05, 3.63) is 125 Å². The lowest BCUT2D eigenvalue weighted by molar-refractivity contribution is 0.0635. The summed E-state index contributed by atoms with van der Waals surface area (Å²) in [5.41, 5.74) is 3.18. The van der Waals surface area contributed by atoms with Crippen molar-refractivity contribution in [3.8, 4) is 16.2 Å². The number of anilines is 4. The van der Waals surface area contributed by atoms with Crippen LogP contribution in [0.3, 0.4) is 0 Å². The standard InChI is InChI=1S/C37H31ClFN5O4S/c1-37(2,3)48-36(46)44-30-10-5-4-9-29(30)43-35(45)33-16-15-32(49-33)23-11-13-28-26(18-23)34(41-21-40-28)42-25-12-14-31(27(38)19-25)47-20-22-7-6-8-24(39)17-22/h4-19,21H,20H2,1-3H3,(H,43,45)(H,44,46)(H,40,41,42). The average Bonchev–Trinajstić information content (AvgIpc) is 3.55. The first-order chi connectivity index (χ1) is 23.5. The Hall–Kier alpha value is -5.52. The molecule has 4 aromatic carbocycles. The molecular weight excluding hydrogens is 665 g/mol. The van der Waals surface area contributed by atoms with Crippen molar-refractivity contribution in [2.75, 3.05) is 16.0 Å². The number of nitrogens with one attached hydrogen (secondary N) is 3. The maximum atomic E-state index is 13.5. The van der Waals surface area contributed by atoms with Crippen molar-refractivity contribution in [1.29, 1.82) is 0 Å². The Labute approximate surface area is 291 Å². The zero-order valence-electron chi connectivity index (χ0n) is 26.7. The maximum absolute atomic E-state index is 13.5. The molecule has 12 heteroatoms. The van der Waals surface area contributed by atoms with Crippen molar-refractivity contribution in [2.24, 2.45) is 0 Å². The van der Waals surface area contributed by atoms with Crippen LogP contribution in [0.2, 0.25) is 5.02 Å². The van der Waals surface area contributed by atoms with Crippen LogP contribution in [-0.2, 0) is 11.3 Å². The van der Waals surface area contributed by atoms with Crippen LogP contribution in [0.5, 0.6) is 5.75 Å². The third-order valence-electron chi connectivity index (χ3n) is 7.04. The Morgan fingerprint density at radius 1 is 0.878 bits per heavy atom. The van der Waals surface area contributed by atoms with Gasteiger partial charge in [0, 0.05) is 16.0 Å². The number of fused-ring (bicyclic) bond motifs is 1. The zero-order chi connectivity index (χ0) is 34.5. The number of halogens is 2. The molecule has 3 N–H and O–H groups in total. The van der Waals surface area contributed by atoms with Gasteiger partial charge < -0.3 is 20.1 Å². The molecule has 248 valence electrons. The Kier molecular flexibility index (Phi) is 9.75. The van der Waals surface area contributed by atoms with Gasteiger partial charge in [0.1, 0.15) is 35.9 Å². The van der Waals surface area contributed by atoms with E-state index in [0.717, 1.165) is 21.3 Å². The van der Waals surface area contributed by atoms with E-state index in [4.69, 9.17) is 21.1 Å². The minimum absolute atomic E-state index is 0.175. The molecule has 0 spiro atoms. The van der Waals surface area contributed by atoms with Gasteiger partial charge in [0.25, 0.3) is 5.91 Å². The number of hydrogen-bond donors (Lipinski definition) is 3. The Balaban J connectivity index is 1.16. The maximum Gasteiger partial charge on any atom is 0.412 e. The molecule has 2 amide bonds. The van der Waals surface area contributed by atoms with Gasteiger partial charge in [0.05, 0.1) is 26.8 Å². The van der Waals surface area contributed by atoms with Crippen molar-refractivity contribution in [3.63, 3.8) is 0 Å². The van der Waals surface area contributed by atoms with E-state index in [-0.39, 0.29) is 18.3 Å². The van der Waals surface area contributed by atoms with Crippen molar-refractivity contribution >= 4 is 68.7 Å². The quantitative estimate of drug-likeness (QED) is 0.138. The summed E-state index contributed by atoms with van der Waals surface area (Å²) in [4.78, 5) is 35.8. The second-order valence-electron chi connectivity index (χ2n) is 11.9. The molecule has 6 aromatic rings. The fourth-order valence-electron chi connectivity index (χ4n) is 4.84. The number of benzene rings is 4. The minimum Gasteiger partial charge on any atom is -0.487 e. The molecular formula is C37H31ClFN5O4S. The van der Waals surface area contributed by atoms with Gasteiger partial charge in [-0.3, -0.25) is 10.1 Å².